The van der Waals surface area contributed by atoms with Gasteiger partial charge in [0.1, 0.15) is 0 Å². The fourth-order valence-corrected chi connectivity index (χ4v) is 2.95. The molecule has 0 saturated heterocycles. The molecule has 0 spiro atoms. The van der Waals surface area contributed by atoms with E-state index in [0.717, 1.165) is 18.2 Å². The van der Waals surface area contributed by atoms with Gasteiger partial charge in [-0.2, -0.15) is 0 Å². The lowest BCUT2D eigenvalue weighted by Gasteiger charge is -2.12. The van der Waals surface area contributed by atoms with Crippen LogP contribution in [0.4, 0.5) is 15.8 Å². The maximum atomic E-state index is 13.8. The van der Waals surface area contributed by atoms with E-state index in [0.29, 0.717) is 6.07 Å². The molecule has 0 aliphatic heterocycles. The number of hydrogen-bond acceptors (Lipinski definition) is 6. The van der Waals surface area contributed by atoms with Crippen LogP contribution in [0, 0.1) is 5.82 Å². The first-order valence-corrected chi connectivity index (χ1v) is 8.49. The molecule has 0 aromatic heterocycles. The van der Waals surface area contributed by atoms with Crippen molar-refractivity contribution in [3.05, 3.63) is 36.1 Å². The van der Waals surface area contributed by atoms with Crippen molar-refractivity contribution in [3.8, 4) is 17.2 Å². The van der Waals surface area contributed by atoms with Crippen molar-refractivity contribution in [1.82, 2.24) is 0 Å². The van der Waals surface area contributed by atoms with E-state index < -0.39 is 43.9 Å². The minimum atomic E-state index is -4.29. The number of carbonyl (C=O) groups excluding carboxylic acids is 1. The quantitative estimate of drug-likeness (QED) is 0.404. The summed E-state index contributed by atoms with van der Waals surface area (Å²) in [6.45, 7) is 1.53. The minimum absolute atomic E-state index is 0.0447. The Balaban J connectivity index is 2.41. The number of carbonyl (C=O) groups is 1. The summed E-state index contributed by atoms with van der Waals surface area (Å²) in [7, 11) is -4.29. The topological polar surface area (TPSA) is 136 Å². The molecule has 2 aromatic carbocycles. The number of phenols is 3. The molecule has 0 heterocycles. The molecule has 0 aliphatic carbocycles. The van der Waals surface area contributed by atoms with Gasteiger partial charge in [0, 0.05) is 12.5 Å². The Labute approximate surface area is 142 Å². The highest BCUT2D eigenvalue weighted by molar-refractivity contribution is 7.92. The number of rotatable bonds is 5. The van der Waals surface area contributed by atoms with Crippen molar-refractivity contribution in [2.24, 2.45) is 0 Å². The lowest BCUT2D eigenvalue weighted by molar-refractivity contribution is -0.115. The molecule has 0 aliphatic rings. The van der Waals surface area contributed by atoms with Crippen LogP contribution in [-0.4, -0.2) is 29.6 Å². The first-order chi connectivity index (χ1) is 11.6. The summed E-state index contributed by atoms with van der Waals surface area (Å²) in [6.07, 6.45) is 0.0447. The van der Waals surface area contributed by atoms with Crippen LogP contribution in [0.2, 0.25) is 0 Å². The van der Waals surface area contributed by atoms with Crippen LogP contribution >= 0.6 is 0 Å². The van der Waals surface area contributed by atoms with Crippen molar-refractivity contribution in [2.45, 2.75) is 18.2 Å². The van der Waals surface area contributed by atoms with E-state index in [1.54, 1.807) is 0 Å². The standard InChI is InChI=1S/C15H15FN2O6S/c1-2-14(21)17-11-7-9(6-10(16)15(11)22)25(23,24)18-8-3-4-12(19)13(20)5-8/h3-7,18-20,22H,2H2,1H3,(H,17,21). The van der Waals surface area contributed by atoms with Crippen LogP contribution in [0.1, 0.15) is 13.3 Å². The summed E-state index contributed by atoms with van der Waals surface area (Å²) in [4.78, 5) is 10.9. The van der Waals surface area contributed by atoms with Crippen molar-refractivity contribution in [2.75, 3.05) is 10.0 Å². The van der Waals surface area contributed by atoms with E-state index in [1.165, 1.54) is 13.0 Å². The van der Waals surface area contributed by atoms with Crippen molar-refractivity contribution >= 4 is 27.3 Å². The van der Waals surface area contributed by atoms with Gasteiger partial charge in [0.15, 0.2) is 23.1 Å². The van der Waals surface area contributed by atoms with Gasteiger partial charge in [-0.1, -0.05) is 6.92 Å². The Hall–Kier alpha value is -3.01. The summed E-state index contributed by atoms with van der Waals surface area (Å²) >= 11 is 0. The van der Waals surface area contributed by atoms with Crippen molar-refractivity contribution < 1.29 is 32.9 Å². The van der Waals surface area contributed by atoms with Crippen molar-refractivity contribution in [3.63, 3.8) is 0 Å². The van der Waals surface area contributed by atoms with Crippen LogP contribution in [-0.2, 0) is 14.8 Å². The second-order valence-corrected chi connectivity index (χ2v) is 6.69. The number of halogens is 1. The molecule has 1 amide bonds. The van der Waals surface area contributed by atoms with Gasteiger partial charge in [-0.3, -0.25) is 9.52 Å². The van der Waals surface area contributed by atoms with Gasteiger partial charge >= 0.3 is 0 Å². The average molecular weight is 370 g/mol. The fourth-order valence-electron chi connectivity index (χ4n) is 1.86. The molecule has 134 valence electrons. The number of nitrogens with one attached hydrogen (secondary N) is 2. The van der Waals surface area contributed by atoms with Crippen LogP contribution in [0.5, 0.6) is 17.2 Å². The maximum absolute atomic E-state index is 13.8. The normalized spacial score (nSPS) is 11.1. The summed E-state index contributed by atoms with van der Waals surface area (Å²) < 4.78 is 40.6. The van der Waals surface area contributed by atoms with Gasteiger partial charge in [-0.15, -0.1) is 0 Å². The Morgan fingerprint density at radius 2 is 1.80 bits per heavy atom. The Bertz CT molecular complexity index is 930. The van der Waals surface area contributed by atoms with Gasteiger partial charge in [0.05, 0.1) is 16.3 Å². The van der Waals surface area contributed by atoms with Crippen molar-refractivity contribution in [1.29, 1.82) is 0 Å². The molecule has 2 rings (SSSR count). The molecular formula is C15H15FN2O6S. The second-order valence-electron chi connectivity index (χ2n) is 5.01. The summed E-state index contributed by atoms with van der Waals surface area (Å²) in [5, 5.41) is 30.4. The molecule has 0 fully saturated rings. The SMILES string of the molecule is CCC(=O)Nc1cc(S(=O)(=O)Nc2ccc(O)c(O)c2)cc(F)c1O. The smallest absolute Gasteiger partial charge is 0.262 e. The molecule has 0 atom stereocenters. The largest absolute Gasteiger partial charge is 0.504 e. The van der Waals surface area contributed by atoms with E-state index in [4.69, 9.17) is 0 Å². The number of amides is 1. The predicted molar refractivity (Wildman–Crippen MR) is 87.6 cm³/mol. The number of anilines is 2. The number of hydrogen-bond donors (Lipinski definition) is 5. The third kappa shape index (κ3) is 4.10. The first kappa shape index (κ1) is 18.3. The van der Waals surface area contributed by atoms with Crippen LogP contribution < -0.4 is 10.0 Å². The van der Waals surface area contributed by atoms with Gasteiger partial charge in [0.2, 0.25) is 5.91 Å². The molecule has 0 saturated carbocycles. The average Bonchev–Trinajstić information content (AvgIpc) is 2.54. The molecule has 8 nitrogen and oxygen atoms in total. The first-order valence-electron chi connectivity index (χ1n) is 7.01. The van der Waals surface area contributed by atoms with Gasteiger partial charge in [0.25, 0.3) is 10.0 Å². The number of benzene rings is 2. The molecule has 5 N–H and O–H groups in total. The maximum Gasteiger partial charge on any atom is 0.262 e. The lowest BCUT2D eigenvalue weighted by Crippen LogP contribution is -2.15. The predicted octanol–water partition coefficient (Wildman–Crippen LogP) is 2.09. The molecule has 0 radical (unpaired) electrons. The summed E-state index contributed by atoms with van der Waals surface area (Å²) in [6, 6.07) is 4.69. The highest BCUT2D eigenvalue weighted by Gasteiger charge is 2.21. The Morgan fingerprint density at radius 3 is 2.40 bits per heavy atom. The molecule has 0 bridgehead atoms. The fraction of sp³-hybridized carbons (Fsp3) is 0.133. The molecular weight excluding hydrogens is 355 g/mol. The van der Waals surface area contributed by atoms with Gasteiger partial charge < -0.3 is 20.6 Å². The number of aromatic hydroxyl groups is 3. The van der Waals surface area contributed by atoms with E-state index in [2.05, 4.69) is 10.0 Å². The van der Waals surface area contributed by atoms with Gasteiger partial charge in [-0.25, -0.2) is 12.8 Å². The monoisotopic (exact) mass is 370 g/mol. The highest BCUT2D eigenvalue weighted by Crippen LogP contribution is 2.32. The summed E-state index contributed by atoms with van der Waals surface area (Å²) in [5.41, 5.74) is -0.469. The molecule has 2 aromatic rings. The molecule has 25 heavy (non-hydrogen) atoms. The third-order valence-electron chi connectivity index (χ3n) is 3.17. The zero-order valence-electron chi connectivity index (χ0n) is 12.9. The Kier molecular flexibility index (Phi) is 5.02. The molecule has 10 heteroatoms. The van der Waals surface area contributed by atoms with E-state index in [1.807, 2.05) is 0 Å². The number of phenolic OH excluding ortho intramolecular Hbond substituents is 3. The van der Waals surface area contributed by atoms with E-state index >= 15 is 0 Å². The zero-order chi connectivity index (χ0) is 18.8. The minimum Gasteiger partial charge on any atom is -0.504 e. The molecule has 0 unspecified atom stereocenters. The van der Waals surface area contributed by atoms with E-state index in [9.17, 15) is 32.9 Å². The second kappa shape index (κ2) is 6.85. The zero-order valence-corrected chi connectivity index (χ0v) is 13.8. The van der Waals surface area contributed by atoms with Gasteiger partial charge in [-0.05, 0) is 24.3 Å². The van der Waals surface area contributed by atoms with E-state index in [-0.39, 0.29) is 17.8 Å². The lowest BCUT2D eigenvalue weighted by atomic mass is 10.2. The highest BCUT2D eigenvalue weighted by atomic mass is 32.2. The third-order valence-corrected chi connectivity index (χ3v) is 4.53. The summed E-state index contributed by atoms with van der Waals surface area (Å²) in [5.74, 6) is -3.65. The number of sulfonamides is 1. The van der Waals surface area contributed by atoms with Crippen LogP contribution in [0.25, 0.3) is 0 Å². The van der Waals surface area contributed by atoms with Crippen LogP contribution in [0.15, 0.2) is 35.2 Å². The Morgan fingerprint density at radius 1 is 1.12 bits per heavy atom. The van der Waals surface area contributed by atoms with Crippen LogP contribution in [0.3, 0.4) is 0 Å².